The Morgan fingerprint density at radius 2 is 2.06 bits per heavy atom. The molecule has 2 amide bonds. The third-order valence-electron chi connectivity index (χ3n) is 2.84. The first-order valence-corrected chi connectivity index (χ1v) is 6.73. The third kappa shape index (κ3) is 3.43. The smallest absolute Gasteiger partial charge is 0.268 e. The maximum atomic E-state index is 11.7. The predicted octanol–water partition coefficient (Wildman–Crippen LogP) is 2.17. The van der Waals surface area contributed by atoms with Crippen LogP contribution in [0.4, 0.5) is 0 Å². The molecule has 0 unspecified atom stereocenters. The van der Waals surface area contributed by atoms with Crippen molar-refractivity contribution in [2.45, 2.75) is 26.7 Å². The number of nitrogens with one attached hydrogen (secondary N) is 2. The molecule has 2 rings (SSSR count). The second kappa shape index (κ2) is 5.35. The van der Waals surface area contributed by atoms with Crippen LogP contribution in [0.15, 0.2) is 23.8 Å². The van der Waals surface area contributed by atoms with Crippen LogP contribution in [-0.4, -0.2) is 11.8 Å². The second-order valence-corrected chi connectivity index (χ2v) is 5.80. The molecule has 18 heavy (non-hydrogen) atoms. The minimum absolute atomic E-state index is 0.277. The van der Waals surface area contributed by atoms with Crippen LogP contribution in [-0.2, 0) is 4.79 Å². The van der Waals surface area contributed by atoms with Crippen molar-refractivity contribution in [3.05, 3.63) is 33.5 Å². The predicted molar refractivity (Wildman–Crippen MR) is 71.1 cm³/mol. The lowest BCUT2D eigenvalue weighted by molar-refractivity contribution is -0.117. The number of rotatable bonds is 3. The molecule has 0 spiro atoms. The molecule has 1 aromatic rings. The van der Waals surface area contributed by atoms with Crippen molar-refractivity contribution in [3.63, 3.8) is 0 Å². The highest BCUT2D eigenvalue weighted by Crippen LogP contribution is 2.35. The van der Waals surface area contributed by atoms with Crippen molar-refractivity contribution in [1.82, 2.24) is 10.9 Å². The first-order chi connectivity index (χ1) is 8.56. The number of carbonyl (C=O) groups excluding carboxylic acids is 2. The van der Waals surface area contributed by atoms with Crippen molar-refractivity contribution in [1.29, 1.82) is 0 Å². The maximum Gasteiger partial charge on any atom is 0.279 e. The molecule has 1 saturated carbocycles. The molecule has 1 aliphatic rings. The van der Waals surface area contributed by atoms with Gasteiger partial charge in [0.25, 0.3) is 11.8 Å². The summed E-state index contributed by atoms with van der Waals surface area (Å²) < 4.78 is 0. The summed E-state index contributed by atoms with van der Waals surface area (Å²) in [5.74, 6) is 0.00588. The average Bonchev–Trinajstić information content (AvgIpc) is 3.09. The van der Waals surface area contributed by atoms with E-state index < -0.39 is 0 Å². The Kier molecular flexibility index (Phi) is 3.81. The summed E-state index contributed by atoms with van der Waals surface area (Å²) in [6, 6.07) is 3.62. The van der Waals surface area contributed by atoms with E-state index in [1.807, 2.05) is 19.9 Å². The quantitative estimate of drug-likeness (QED) is 0.649. The molecule has 1 heterocycles. The number of allylic oxidation sites excluding steroid dienone is 1. The lowest BCUT2D eigenvalue weighted by Crippen LogP contribution is -2.40. The van der Waals surface area contributed by atoms with Gasteiger partial charge in [0, 0.05) is 11.0 Å². The second-order valence-electron chi connectivity index (χ2n) is 4.52. The van der Waals surface area contributed by atoms with Gasteiger partial charge in [0.15, 0.2) is 0 Å². The Balaban J connectivity index is 1.82. The zero-order chi connectivity index (χ0) is 13.1. The minimum Gasteiger partial charge on any atom is -0.268 e. The van der Waals surface area contributed by atoms with Crippen LogP contribution in [0.2, 0.25) is 0 Å². The third-order valence-corrected chi connectivity index (χ3v) is 3.84. The number of thiophene rings is 1. The van der Waals surface area contributed by atoms with Gasteiger partial charge in [0.05, 0.1) is 4.88 Å². The minimum atomic E-state index is -0.279. The van der Waals surface area contributed by atoms with Crippen molar-refractivity contribution in [3.8, 4) is 0 Å². The number of hydrogen-bond acceptors (Lipinski definition) is 3. The van der Waals surface area contributed by atoms with Crippen molar-refractivity contribution in [2.75, 3.05) is 0 Å². The Bertz CT molecular complexity index is 501. The zero-order valence-corrected chi connectivity index (χ0v) is 11.3. The molecule has 1 fully saturated rings. The number of amides is 2. The van der Waals surface area contributed by atoms with Crippen molar-refractivity contribution in [2.24, 2.45) is 5.92 Å². The molecule has 5 heteroatoms. The molecule has 0 aromatic carbocycles. The Labute approximate surface area is 110 Å². The summed E-state index contributed by atoms with van der Waals surface area (Å²) in [6.07, 6.45) is 3.88. The average molecular weight is 264 g/mol. The highest BCUT2D eigenvalue weighted by atomic mass is 32.1. The molecular weight excluding hydrogens is 248 g/mol. The van der Waals surface area contributed by atoms with Gasteiger partial charge < -0.3 is 0 Å². The standard InChI is InChI=1S/C13H16N2O2S/c1-8(10-4-5-10)7-12(16)14-15-13(17)11-6-3-9(2)18-11/h3,6-7,10H,4-5H2,1-2H3,(H,14,16)(H,15,17). The summed E-state index contributed by atoms with van der Waals surface area (Å²) >= 11 is 1.40. The van der Waals surface area contributed by atoms with Gasteiger partial charge in [-0.1, -0.05) is 5.57 Å². The Morgan fingerprint density at radius 3 is 2.61 bits per heavy atom. The number of carbonyl (C=O) groups is 2. The van der Waals surface area contributed by atoms with Crippen LogP contribution in [0.1, 0.15) is 34.3 Å². The van der Waals surface area contributed by atoms with Crippen LogP contribution >= 0.6 is 11.3 Å². The lowest BCUT2D eigenvalue weighted by atomic mass is 10.2. The molecule has 0 bridgehead atoms. The topological polar surface area (TPSA) is 58.2 Å². The van der Waals surface area contributed by atoms with E-state index in [-0.39, 0.29) is 11.8 Å². The van der Waals surface area contributed by atoms with E-state index in [0.717, 1.165) is 23.3 Å². The largest absolute Gasteiger partial charge is 0.279 e. The Morgan fingerprint density at radius 1 is 1.33 bits per heavy atom. The summed E-state index contributed by atoms with van der Waals surface area (Å²) in [6.45, 7) is 3.88. The normalized spacial score (nSPS) is 15.3. The van der Waals surface area contributed by atoms with E-state index >= 15 is 0 Å². The van der Waals surface area contributed by atoms with E-state index in [2.05, 4.69) is 10.9 Å². The van der Waals surface area contributed by atoms with Crippen molar-refractivity contribution < 1.29 is 9.59 Å². The first-order valence-electron chi connectivity index (χ1n) is 5.91. The highest BCUT2D eigenvalue weighted by molar-refractivity contribution is 7.13. The van der Waals surface area contributed by atoms with E-state index in [4.69, 9.17) is 0 Å². The summed E-state index contributed by atoms with van der Waals surface area (Å²) in [4.78, 5) is 24.8. The van der Waals surface area contributed by atoms with Gasteiger partial charge in [-0.2, -0.15) is 0 Å². The van der Waals surface area contributed by atoms with Gasteiger partial charge in [0.1, 0.15) is 0 Å². The van der Waals surface area contributed by atoms with E-state index in [9.17, 15) is 9.59 Å². The van der Waals surface area contributed by atoms with Gasteiger partial charge in [0.2, 0.25) is 0 Å². The zero-order valence-electron chi connectivity index (χ0n) is 10.4. The molecule has 1 aromatic heterocycles. The first kappa shape index (κ1) is 12.8. The summed E-state index contributed by atoms with van der Waals surface area (Å²) in [5, 5.41) is 0. The van der Waals surface area contributed by atoms with Gasteiger partial charge in [-0.15, -0.1) is 11.3 Å². The van der Waals surface area contributed by atoms with Crippen LogP contribution in [0.5, 0.6) is 0 Å². The summed E-state index contributed by atoms with van der Waals surface area (Å²) in [5.41, 5.74) is 5.88. The van der Waals surface area contributed by atoms with Crippen molar-refractivity contribution >= 4 is 23.2 Å². The molecule has 4 nitrogen and oxygen atoms in total. The van der Waals surface area contributed by atoms with Gasteiger partial charge in [-0.3, -0.25) is 20.4 Å². The van der Waals surface area contributed by atoms with Gasteiger partial charge in [-0.25, -0.2) is 0 Å². The van der Waals surface area contributed by atoms with E-state index in [1.54, 1.807) is 12.1 Å². The van der Waals surface area contributed by atoms with Gasteiger partial charge >= 0.3 is 0 Å². The monoisotopic (exact) mass is 264 g/mol. The maximum absolute atomic E-state index is 11.7. The van der Waals surface area contributed by atoms with Crippen LogP contribution < -0.4 is 10.9 Å². The van der Waals surface area contributed by atoms with Crippen LogP contribution in [0.3, 0.4) is 0 Å². The highest BCUT2D eigenvalue weighted by Gasteiger charge is 2.23. The molecule has 2 N–H and O–H groups in total. The van der Waals surface area contributed by atoms with Gasteiger partial charge in [-0.05, 0) is 44.7 Å². The number of hydrazine groups is 1. The fourth-order valence-electron chi connectivity index (χ4n) is 1.64. The number of hydrogen-bond donors (Lipinski definition) is 2. The Hall–Kier alpha value is -1.62. The molecule has 0 atom stereocenters. The van der Waals surface area contributed by atoms with Crippen LogP contribution in [0, 0.1) is 12.8 Å². The fraction of sp³-hybridized carbons (Fsp3) is 0.385. The summed E-state index contributed by atoms with van der Waals surface area (Å²) in [7, 11) is 0. The molecule has 0 saturated heterocycles. The molecule has 1 aliphatic carbocycles. The van der Waals surface area contributed by atoms with E-state index in [0.29, 0.717) is 10.8 Å². The van der Waals surface area contributed by atoms with Crippen LogP contribution in [0.25, 0.3) is 0 Å². The molecule has 96 valence electrons. The molecular formula is C13H16N2O2S. The fourth-order valence-corrected chi connectivity index (χ4v) is 2.40. The van der Waals surface area contributed by atoms with E-state index in [1.165, 1.54) is 11.3 Å². The number of aryl methyl sites for hydroxylation is 1. The molecule has 0 aliphatic heterocycles. The SMILES string of the molecule is CC(=CC(=O)NNC(=O)c1ccc(C)s1)C1CC1. The lowest BCUT2D eigenvalue weighted by Gasteiger charge is -2.04. The molecule has 0 radical (unpaired) electrons.